The van der Waals surface area contributed by atoms with E-state index in [0.717, 1.165) is 13.1 Å². The highest BCUT2D eigenvalue weighted by Gasteiger charge is 2.35. The molecule has 0 bridgehead atoms. The van der Waals surface area contributed by atoms with Crippen LogP contribution in [0.3, 0.4) is 0 Å². The maximum Gasteiger partial charge on any atom is 0.0813 e. The van der Waals surface area contributed by atoms with Gasteiger partial charge in [-0.15, -0.1) is 0 Å². The average Bonchev–Trinajstić information content (AvgIpc) is 3.11. The summed E-state index contributed by atoms with van der Waals surface area (Å²) >= 11 is 0. The summed E-state index contributed by atoms with van der Waals surface area (Å²) in [6, 6.07) is 10.6. The average molecular weight is 284 g/mol. The minimum atomic E-state index is -0.435. The van der Waals surface area contributed by atoms with Crippen molar-refractivity contribution in [2.24, 2.45) is 5.73 Å². The number of nitrogens with one attached hydrogen (secondary N) is 1. The summed E-state index contributed by atoms with van der Waals surface area (Å²) in [5.41, 5.74) is 6.89. The highest BCUT2D eigenvalue weighted by atomic mass is 32.3. The maximum atomic E-state index is 8.99. The Morgan fingerprint density at radius 3 is 2.21 bits per heavy atom. The number of rotatable bonds is 5. The predicted molar refractivity (Wildman–Crippen MR) is 86.7 cm³/mol. The van der Waals surface area contributed by atoms with Crippen LogP contribution in [0.4, 0.5) is 0 Å². The van der Waals surface area contributed by atoms with E-state index >= 15 is 0 Å². The molecule has 1 fully saturated rings. The van der Waals surface area contributed by atoms with Gasteiger partial charge >= 0.3 is 0 Å². The first-order valence-electron chi connectivity index (χ1n) is 6.85. The molecule has 2 unspecified atom stereocenters. The molecule has 1 aliphatic heterocycles. The normalized spacial score (nSPS) is 20.7. The van der Waals surface area contributed by atoms with Crippen molar-refractivity contribution in [1.82, 2.24) is 5.32 Å². The van der Waals surface area contributed by atoms with Crippen LogP contribution in [0.1, 0.15) is 19.4 Å². The van der Waals surface area contributed by atoms with Crippen LogP contribution in [0.15, 0.2) is 30.3 Å². The number of aliphatic hydroxyl groups is 1. The second kappa shape index (κ2) is 7.90. The molecule has 3 nitrogen and oxygen atoms in total. The van der Waals surface area contributed by atoms with Crippen molar-refractivity contribution in [3.05, 3.63) is 35.9 Å². The zero-order chi connectivity index (χ0) is 14.3. The van der Waals surface area contributed by atoms with Crippen LogP contribution in [0.25, 0.3) is 0 Å². The SMILES string of the molecule is CC(N)CNCc1ccccc1.CC(O)S1(C)CC1. The van der Waals surface area contributed by atoms with Crippen molar-refractivity contribution in [3.63, 3.8) is 0 Å². The molecule has 1 aromatic rings. The molecule has 4 N–H and O–H groups in total. The lowest BCUT2D eigenvalue weighted by Crippen LogP contribution is -2.30. The van der Waals surface area contributed by atoms with Crippen LogP contribution in [0.5, 0.6) is 0 Å². The lowest BCUT2D eigenvalue weighted by molar-refractivity contribution is 0.281. The molecule has 2 rings (SSSR count). The molecule has 0 aliphatic carbocycles. The van der Waals surface area contributed by atoms with E-state index in [1.54, 1.807) is 0 Å². The molecule has 110 valence electrons. The number of aliphatic hydroxyl groups excluding tert-OH is 1. The summed E-state index contributed by atoms with van der Waals surface area (Å²) in [7, 11) is -0.435. The molecular formula is C15H28N2OS. The number of hydrogen-bond donors (Lipinski definition) is 3. The van der Waals surface area contributed by atoms with Crippen LogP contribution in [-0.2, 0) is 6.54 Å². The lowest BCUT2D eigenvalue weighted by Gasteiger charge is -2.15. The fourth-order valence-corrected chi connectivity index (χ4v) is 3.25. The zero-order valence-corrected chi connectivity index (χ0v) is 13.1. The molecule has 1 heterocycles. The van der Waals surface area contributed by atoms with E-state index in [4.69, 9.17) is 10.8 Å². The van der Waals surface area contributed by atoms with Gasteiger partial charge in [0.1, 0.15) is 0 Å². The van der Waals surface area contributed by atoms with Crippen molar-refractivity contribution in [2.75, 3.05) is 24.3 Å². The molecule has 2 atom stereocenters. The van der Waals surface area contributed by atoms with E-state index < -0.39 is 10.0 Å². The maximum absolute atomic E-state index is 8.99. The van der Waals surface area contributed by atoms with Gasteiger partial charge in [0.2, 0.25) is 0 Å². The van der Waals surface area contributed by atoms with Gasteiger partial charge in [0.05, 0.1) is 5.44 Å². The minimum Gasteiger partial charge on any atom is -0.384 e. The second-order valence-corrected chi connectivity index (χ2v) is 9.65. The number of nitrogens with two attached hydrogens (primary N) is 1. The van der Waals surface area contributed by atoms with Gasteiger partial charge in [-0.3, -0.25) is 0 Å². The van der Waals surface area contributed by atoms with Crippen molar-refractivity contribution in [1.29, 1.82) is 0 Å². The highest BCUT2D eigenvalue weighted by Crippen LogP contribution is 2.60. The Bertz CT molecular complexity index is 350. The Morgan fingerprint density at radius 2 is 1.84 bits per heavy atom. The van der Waals surface area contributed by atoms with E-state index in [1.165, 1.54) is 17.1 Å². The highest BCUT2D eigenvalue weighted by molar-refractivity contribution is 8.39. The van der Waals surface area contributed by atoms with Gasteiger partial charge < -0.3 is 16.2 Å². The van der Waals surface area contributed by atoms with Crippen LogP contribution in [-0.4, -0.2) is 40.9 Å². The molecule has 0 radical (unpaired) electrons. The van der Waals surface area contributed by atoms with E-state index in [9.17, 15) is 0 Å². The monoisotopic (exact) mass is 284 g/mol. The molecule has 0 amide bonds. The van der Waals surface area contributed by atoms with Gasteiger partial charge in [0.15, 0.2) is 0 Å². The molecule has 0 spiro atoms. The smallest absolute Gasteiger partial charge is 0.0813 e. The Balaban J connectivity index is 0.000000218. The van der Waals surface area contributed by atoms with Crippen molar-refractivity contribution >= 4 is 10.0 Å². The van der Waals surface area contributed by atoms with E-state index in [2.05, 4.69) is 23.7 Å². The second-order valence-electron chi connectivity index (χ2n) is 5.45. The van der Waals surface area contributed by atoms with Gasteiger partial charge in [-0.1, -0.05) is 30.3 Å². The first-order valence-corrected chi connectivity index (χ1v) is 9.29. The van der Waals surface area contributed by atoms with Crippen molar-refractivity contribution in [2.45, 2.75) is 31.9 Å². The molecule has 1 saturated heterocycles. The van der Waals surface area contributed by atoms with Gasteiger partial charge in [-0.2, -0.15) is 0 Å². The topological polar surface area (TPSA) is 58.3 Å². The van der Waals surface area contributed by atoms with E-state index in [1.807, 2.05) is 32.0 Å². The van der Waals surface area contributed by atoms with E-state index in [-0.39, 0.29) is 11.5 Å². The van der Waals surface area contributed by atoms with Crippen LogP contribution in [0.2, 0.25) is 0 Å². The first-order chi connectivity index (χ1) is 8.94. The third-order valence-corrected chi connectivity index (χ3v) is 6.65. The standard InChI is InChI=1S/C10H16N2.C5H12OS/c1-9(11)7-12-8-10-5-3-2-4-6-10;1-5(6)7(2)3-4-7/h2-6,9,12H,7-8,11H2,1H3;5-6H,3-4H2,1-2H3. The fourth-order valence-electron chi connectivity index (χ4n) is 1.51. The van der Waals surface area contributed by atoms with Gasteiger partial charge in [0.25, 0.3) is 0 Å². The summed E-state index contributed by atoms with van der Waals surface area (Å²) in [4.78, 5) is 0. The summed E-state index contributed by atoms with van der Waals surface area (Å²) in [5, 5.41) is 12.3. The zero-order valence-electron chi connectivity index (χ0n) is 12.3. The molecule has 0 saturated carbocycles. The van der Waals surface area contributed by atoms with Crippen LogP contribution in [0, 0.1) is 0 Å². The van der Waals surface area contributed by atoms with E-state index in [0.29, 0.717) is 0 Å². The van der Waals surface area contributed by atoms with Gasteiger partial charge in [-0.25, -0.2) is 10.0 Å². The molecule has 0 aromatic heterocycles. The molecule has 1 aliphatic rings. The third kappa shape index (κ3) is 6.97. The predicted octanol–water partition coefficient (Wildman–Crippen LogP) is 1.90. The van der Waals surface area contributed by atoms with Crippen molar-refractivity contribution in [3.8, 4) is 0 Å². The fraction of sp³-hybridized carbons (Fsp3) is 0.600. The summed E-state index contributed by atoms with van der Waals surface area (Å²) < 4.78 is 0. The van der Waals surface area contributed by atoms with Gasteiger partial charge in [0, 0.05) is 19.1 Å². The Morgan fingerprint density at radius 1 is 1.26 bits per heavy atom. The van der Waals surface area contributed by atoms with Crippen LogP contribution < -0.4 is 11.1 Å². The molecule has 4 heteroatoms. The largest absolute Gasteiger partial charge is 0.384 e. The van der Waals surface area contributed by atoms with Gasteiger partial charge in [-0.05, 0) is 37.2 Å². The minimum absolute atomic E-state index is 0.00694. The molecule has 19 heavy (non-hydrogen) atoms. The first kappa shape index (κ1) is 16.5. The third-order valence-electron chi connectivity index (χ3n) is 3.31. The Kier molecular flexibility index (Phi) is 6.86. The summed E-state index contributed by atoms with van der Waals surface area (Å²) in [6.45, 7) is 5.68. The summed E-state index contributed by atoms with van der Waals surface area (Å²) in [6.07, 6.45) is 2.21. The summed E-state index contributed by atoms with van der Waals surface area (Å²) in [5.74, 6) is 2.59. The molecular weight excluding hydrogens is 256 g/mol. The number of benzene rings is 1. The molecule has 1 aromatic carbocycles. The quantitative estimate of drug-likeness (QED) is 0.724. The lowest BCUT2D eigenvalue weighted by atomic mass is 10.2. The Labute approximate surface area is 118 Å². The van der Waals surface area contributed by atoms with Crippen molar-refractivity contribution < 1.29 is 5.11 Å². The Hall–Kier alpha value is -0.550. The number of hydrogen-bond acceptors (Lipinski definition) is 3. The van der Waals surface area contributed by atoms with Crippen LogP contribution >= 0.6 is 10.0 Å².